The molecule has 0 saturated carbocycles. The smallest absolute Gasteiger partial charge is 0.321 e. The molecule has 1 aromatic carbocycles. The van der Waals surface area contributed by atoms with Crippen LogP contribution in [0.5, 0.6) is 5.75 Å². The monoisotopic (exact) mass is 331 g/mol. The fourth-order valence-electron chi connectivity index (χ4n) is 2.56. The summed E-state index contributed by atoms with van der Waals surface area (Å²) in [6.07, 6.45) is 0. The number of carboxylic acids is 1. The van der Waals surface area contributed by atoms with Crippen LogP contribution in [-0.2, 0) is 4.79 Å². The van der Waals surface area contributed by atoms with Gasteiger partial charge in [0.15, 0.2) is 0 Å². The highest BCUT2D eigenvalue weighted by molar-refractivity contribution is 8.93. The zero-order valence-corrected chi connectivity index (χ0v) is 13.4. The molecule has 5 heteroatoms. The van der Waals surface area contributed by atoms with Crippen molar-refractivity contribution >= 4 is 23.0 Å². The summed E-state index contributed by atoms with van der Waals surface area (Å²) in [4.78, 5) is 11.1. The average molecular weight is 332 g/mol. The van der Waals surface area contributed by atoms with Crippen molar-refractivity contribution in [2.24, 2.45) is 11.7 Å². The number of hydrogen-bond donors (Lipinski definition) is 3. The maximum atomic E-state index is 11.1. The first-order chi connectivity index (χ1) is 8.25. The van der Waals surface area contributed by atoms with Gasteiger partial charge in [-0.1, -0.05) is 13.8 Å². The molecule has 1 rings (SSSR count). The number of phenolic OH excluding ortho intramolecular Hbond substituents is 1. The number of halogens is 1. The number of carbonyl (C=O) groups is 1. The van der Waals surface area contributed by atoms with Crippen molar-refractivity contribution in [2.75, 3.05) is 0 Å². The molecule has 2 atom stereocenters. The van der Waals surface area contributed by atoms with Crippen LogP contribution in [0, 0.1) is 19.8 Å². The van der Waals surface area contributed by atoms with E-state index in [4.69, 9.17) is 10.8 Å². The number of benzene rings is 1. The lowest BCUT2D eigenvalue weighted by atomic mass is 9.78. The lowest BCUT2D eigenvalue weighted by Crippen LogP contribution is -2.39. The van der Waals surface area contributed by atoms with Gasteiger partial charge in [0.2, 0.25) is 0 Å². The Morgan fingerprint density at radius 3 is 1.95 bits per heavy atom. The topological polar surface area (TPSA) is 83.5 Å². The summed E-state index contributed by atoms with van der Waals surface area (Å²) in [5.41, 5.74) is 8.49. The Kier molecular flexibility index (Phi) is 6.52. The molecule has 19 heavy (non-hydrogen) atoms. The Morgan fingerprint density at radius 1 is 1.21 bits per heavy atom. The minimum absolute atomic E-state index is 0. The number of rotatable bonds is 4. The maximum absolute atomic E-state index is 11.1. The maximum Gasteiger partial charge on any atom is 0.321 e. The van der Waals surface area contributed by atoms with Crippen LogP contribution in [-0.4, -0.2) is 22.2 Å². The Hall–Kier alpha value is -1.07. The van der Waals surface area contributed by atoms with E-state index < -0.39 is 12.0 Å². The molecular weight excluding hydrogens is 310 g/mol. The standard InChI is InChI=1S/C14H21NO3.BrH/c1-7(2)11(13(15)14(17)18)12-8(3)5-10(16)6-9(12)4;/h5-7,11,13,16H,15H2,1-4H3,(H,17,18);1H/t11-,13+;/m0./s1. The van der Waals surface area contributed by atoms with E-state index in [9.17, 15) is 9.90 Å². The third-order valence-electron chi connectivity index (χ3n) is 3.30. The molecule has 0 aliphatic carbocycles. The van der Waals surface area contributed by atoms with Gasteiger partial charge in [0.1, 0.15) is 11.8 Å². The molecule has 0 aromatic heterocycles. The van der Waals surface area contributed by atoms with Crippen molar-refractivity contribution in [2.45, 2.75) is 39.7 Å². The largest absolute Gasteiger partial charge is 0.508 e. The molecule has 4 N–H and O–H groups in total. The minimum Gasteiger partial charge on any atom is -0.508 e. The van der Waals surface area contributed by atoms with Gasteiger partial charge in [-0.05, 0) is 48.6 Å². The molecule has 0 amide bonds. The number of nitrogens with two attached hydrogens (primary N) is 1. The van der Waals surface area contributed by atoms with Gasteiger partial charge in [-0.3, -0.25) is 4.79 Å². The van der Waals surface area contributed by atoms with Crippen molar-refractivity contribution in [1.82, 2.24) is 0 Å². The highest BCUT2D eigenvalue weighted by Gasteiger charge is 2.30. The zero-order chi connectivity index (χ0) is 14.0. The molecule has 0 spiro atoms. The van der Waals surface area contributed by atoms with Gasteiger partial charge in [0, 0.05) is 5.92 Å². The number of aryl methyl sites for hydroxylation is 2. The summed E-state index contributed by atoms with van der Waals surface area (Å²) in [6.45, 7) is 7.65. The van der Waals surface area contributed by atoms with Crippen molar-refractivity contribution in [3.63, 3.8) is 0 Å². The van der Waals surface area contributed by atoms with Gasteiger partial charge in [0.05, 0.1) is 0 Å². The highest BCUT2D eigenvalue weighted by atomic mass is 79.9. The molecule has 0 saturated heterocycles. The van der Waals surface area contributed by atoms with E-state index in [2.05, 4.69) is 0 Å². The van der Waals surface area contributed by atoms with Crippen LogP contribution >= 0.6 is 17.0 Å². The molecule has 0 aliphatic rings. The van der Waals surface area contributed by atoms with Crippen molar-refractivity contribution < 1.29 is 15.0 Å². The van der Waals surface area contributed by atoms with E-state index in [0.717, 1.165) is 16.7 Å². The average Bonchev–Trinajstić information content (AvgIpc) is 2.21. The van der Waals surface area contributed by atoms with Gasteiger partial charge >= 0.3 is 5.97 Å². The van der Waals surface area contributed by atoms with E-state index in [1.807, 2.05) is 27.7 Å². The van der Waals surface area contributed by atoms with Gasteiger partial charge in [-0.25, -0.2) is 0 Å². The van der Waals surface area contributed by atoms with E-state index in [1.165, 1.54) is 0 Å². The van der Waals surface area contributed by atoms with E-state index >= 15 is 0 Å². The first kappa shape index (κ1) is 17.9. The summed E-state index contributed by atoms with van der Waals surface area (Å²) >= 11 is 0. The molecule has 0 unspecified atom stereocenters. The minimum atomic E-state index is -0.999. The predicted octanol–water partition coefficient (Wildman–Crippen LogP) is 2.74. The summed E-state index contributed by atoms with van der Waals surface area (Å²) < 4.78 is 0. The van der Waals surface area contributed by atoms with Crippen LogP contribution in [0.3, 0.4) is 0 Å². The van der Waals surface area contributed by atoms with Gasteiger partial charge < -0.3 is 15.9 Å². The van der Waals surface area contributed by atoms with E-state index in [-0.39, 0.29) is 34.6 Å². The molecule has 0 bridgehead atoms. The van der Waals surface area contributed by atoms with E-state index in [0.29, 0.717) is 0 Å². The molecular formula is C14H22BrNO3. The van der Waals surface area contributed by atoms with Crippen LogP contribution in [0.15, 0.2) is 12.1 Å². The Bertz CT molecular complexity index is 437. The van der Waals surface area contributed by atoms with Crippen molar-refractivity contribution in [1.29, 1.82) is 0 Å². The third-order valence-corrected chi connectivity index (χ3v) is 3.30. The molecule has 0 fully saturated rings. The second kappa shape index (κ2) is 6.91. The Morgan fingerprint density at radius 2 is 1.63 bits per heavy atom. The van der Waals surface area contributed by atoms with Crippen LogP contribution in [0.25, 0.3) is 0 Å². The van der Waals surface area contributed by atoms with E-state index in [1.54, 1.807) is 12.1 Å². The van der Waals surface area contributed by atoms with Crippen molar-refractivity contribution in [3.05, 3.63) is 28.8 Å². The number of carboxylic acid groups (broad SMARTS) is 1. The quantitative estimate of drug-likeness (QED) is 0.792. The summed E-state index contributed by atoms with van der Waals surface area (Å²) in [5.74, 6) is -0.957. The molecule has 1 aromatic rings. The highest BCUT2D eigenvalue weighted by Crippen LogP contribution is 2.34. The summed E-state index contributed by atoms with van der Waals surface area (Å²) in [5, 5.41) is 18.7. The van der Waals surface area contributed by atoms with Gasteiger partial charge in [0.25, 0.3) is 0 Å². The van der Waals surface area contributed by atoms with Gasteiger partial charge in [-0.2, -0.15) is 0 Å². The summed E-state index contributed by atoms with van der Waals surface area (Å²) in [6, 6.07) is 2.35. The molecule has 0 heterocycles. The lowest BCUT2D eigenvalue weighted by molar-refractivity contribution is -0.139. The first-order valence-corrected chi connectivity index (χ1v) is 6.04. The molecule has 108 valence electrons. The molecule has 0 aliphatic heterocycles. The van der Waals surface area contributed by atoms with Crippen LogP contribution < -0.4 is 5.73 Å². The number of hydrogen-bond acceptors (Lipinski definition) is 3. The summed E-state index contributed by atoms with van der Waals surface area (Å²) in [7, 11) is 0. The van der Waals surface area contributed by atoms with Crippen LogP contribution in [0.2, 0.25) is 0 Å². The van der Waals surface area contributed by atoms with Crippen molar-refractivity contribution in [3.8, 4) is 5.75 Å². The fourth-order valence-corrected chi connectivity index (χ4v) is 2.56. The zero-order valence-electron chi connectivity index (χ0n) is 11.7. The molecule has 4 nitrogen and oxygen atoms in total. The second-order valence-corrected chi connectivity index (χ2v) is 5.13. The fraction of sp³-hybridized carbons (Fsp3) is 0.500. The van der Waals surface area contributed by atoms with Crippen LogP contribution in [0.1, 0.15) is 36.5 Å². The number of aliphatic carboxylic acids is 1. The normalized spacial score (nSPS) is 13.8. The van der Waals surface area contributed by atoms with Gasteiger partial charge in [-0.15, -0.1) is 17.0 Å². The first-order valence-electron chi connectivity index (χ1n) is 6.04. The lowest BCUT2D eigenvalue weighted by Gasteiger charge is -2.28. The predicted molar refractivity (Wildman–Crippen MR) is 81.1 cm³/mol. The SMILES string of the molecule is Br.Cc1cc(O)cc(C)c1[C@H](C(C)C)[C@@H](N)C(=O)O. The van der Waals surface area contributed by atoms with Crippen LogP contribution in [0.4, 0.5) is 0 Å². The molecule has 0 radical (unpaired) electrons. The number of phenols is 1. The Labute approximate surface area is 124 Å². The second-order valence-electron chi connectivity index (χ2n) is 5.13. The third kappa shape index (κ3) is 3.94. The number of aromatic hydroxyl groups is 1. The Balaban J connectivity index is 0.00000324.